The smallest absolute Gasteiger partial charge is 0.335 e. The Labute approximate surface area is 202 Å². The van der Waals surface area contributed by atoms with Crippen LogP contribution in [0.3, 0.4) is 0 Å². The molecular formula is C30H35NO3. The second kappa shape index (κ2) is 9.27. The molecule has 1 aliphatic carbocycles. The zero-order valence-corrected chi connectivity index (χ0v) is 20.7. The van der Waals surface area contributed by atoms with Crippen molar-refractivity contribution in [1.29, 1.82) is 0 Å². The molecule has 0 fully saturated rings. The Kier molecular flexibility index (Phi) is 6.55. The first-order chi connectivity index (χ1) is 16.1. The van der Waals surface area contributed by atoms with Crippen LogP contribution in [0.5, 0.6) is 5.75 Å². The van der Waals surface area contributed by atoms with Crippen molar-refractivity contribution in [3.05, 3.63) is 77.4 Å². The van der Waals surface area contributed by atoms with E-state index in [0.717, 1.165) is 40.8 Å². The van der Waals surface area contributed by atoms with Gasteiger partial charge in [-0.15, -0.1) is 0 Å². The average molecular weight is 458 g/mol. The minimum atomic E-state index is -0.921. The number of carboxylic acids is 1. The molecule has 0 aliphatic heterocycles. The van der Waals surface area contributed by atoms with Crippen LogP contribution in [0, 0.1) is 0 Å². The molecule has 3 N–H and O–H groups in total. The maximum Gasteiger partial charge on any atom is 0.335 e. The molecule has 0 radical (unpaired) electrons. The highest BCUT2D eigenvalue weighted by Crippen LogP contribution is 2.47. The van der Waals surface area contributed by atoms with Crippen molar-refractivity contribution >= 4 is 5.97 Å². The van der Waals surface area contributed by atoms with Crippen LogP contribution in [0.25, 0.3) is 22.3 Å². The Morgan fingerprint density at radius 1 is 0.853 bits per heavy atom. The highest BCUT2D eigenvalue weighted by atomic mass is 16.5. The van der Waals surface area contributed by atoms with Gasteiger partial charge in [-0.2, -0.15) is 0 Å². The Morgan fingerprint density at radius 3 is 2.12 bits per heavy atom. The summed E-state index contributed by atoms with van der Waals surface area (Å²) in [6, 6.07) is 20.1. The van der Waals surface area contributed by atoms with Gasteiger partial charge in [0.25, 0.3) is 0 Å². The molecule has 0 saturated carbocycles. The summed E-state index contributed by atoms with van der Waals surface area (Å²) in [5.74, 6) is -0.0809. The van der Waals surface area contributed by atoms with E-state index in [-0.39, 0.29) is 16.4 Å². The van der Waals surface area contributed by atoms with Gasteiger partial charge in [0.05, 0.1) is 12.2 Å². The first-order valence-corrected chi connectivity index (χ1v) is 12.1. The fraction of sp³-hybridized carbons (Fsp3) is 0.367. The minimum Gasteiger partial charge on any atom is -0.493 e. The lowest BCUT2D eigenvalue weighted by atomic mass is 9.63. The number of ether oxygens (including phenoxy) is 1. The molecule has 0 saturated heterocycles. The lowest BCUT2D eigenvalue weighted by Crippen LogP contribution is -2.33. The summed E-state index contributed by atoms with van der Waals surface area (Å²) in [5.41, 5.74) is 13.3. The van der Waals surface area contributed by atoms with Gasteiger partial charge in [-0.3, -0.25) is 0 Å². The van der Waals surface area contributed by atoms with E-state index in [0.29, 0.717) is 13.2 Å². The van der Waals surface area contributed by atoms with Crippen molar-refractivity contribution < 1.29 is 14.6 Å². The fourth-order valence-electron chi connectivity index (χ4n) is 4.89. The molecule has 0 atom stereocenters. The second-order valence-electron chi connectivity index (χ2n) is 10.6. The zero-order valence-electron chi connectivity index (χ0n) is 20.7. The third kappa shape index (κ3) is 4.74. The minimum absolute atomic E-state index is 0.117. The van der Waals surface area contributed by atoms with Crippen molar-refractivity contribution in [2.75, 3.05) is 13.2 Å². The van der Waals surface area contributed by atoms with Gasteiger partial charge < -0.3 is 15.6 Å². The van der Waals surface area contributed by atoms with Gasteiger partial charge in [0, 0.05) is 5.56 Å². The van der Waals surface area contributed by atoms with Gasteiger partial charge in [-0.25, -0.2) is 4.79 Å². The van der Waals surface area contributed by atoms with Crippen LogP contribution in [0.4, 0.5) is 0 Å². The van der Waals surface area contributed by atoms with Gasteiger partial charge >= 0.3 is 5.97 Å². The maximum atomic E-state index is 11.2. The molecule has 0 heterocycles. The predicted octanol–water partition coefficient (Wildman–Crippen LogP) is 6.80. The summed E-state index contributed by atoms with van der Waals surface area (Å²) in [4.78, 5) is 11.2. The quantitative estimate of drug-likeness (QED) is 0.383. The Morgan fingerprint density at radius 2 is 1.47 bits per heavy atom. The van der Waals surface area contributed by atoms with Crippen molar-refractivity contribution in [2.45, 2.75) is 57.8 Å². The van der Waals surface area contributed by atoms with Crippen LogP contribution in [0.1, 0.15) is 68.4 Å². The molecule has 4 heteroatoms. The van der Waals surface area contributed by atoms with Gasteiger partial charge in [0.2, 0.25) is 0 Å². The second-order valence-corrected chi connectivity index (χ2v) is 10.6. The van der Waals surface area contributed by atoms with E-state index in [1.54, 1.807) is 12.1 Å². The lowest BCUT2D eigenvalue weighted by Gasteiger charge is -2.42. The van der Waals surface area contributed by atoms with E-state index in [1.165, 1.54) is 17.5 Å². The highest BCUT2D eigenvalue weighted by molar-refractivity contribution is 5.88. The number of fused-ring (bicyclic) bond motifs is 1. The van der Waals surface area contributed by atoms with Crippen LogP contribution in [-0.4, -0.2) is 24.2 Å². The number of rotatable bonds is 7. The van der Waals surface area contributed by atoms with Gasteiger partial charge in [-0.05, 0) is 88.7 Å². The standard InChI is InChI=1S/C30H35NO3/c1-29(2)14-15-30(3,4)26-19-23(10-12-25(26)29)24-18-22(11-13-27(24)34-17-5-16-31)20-6-8-21(9-7-20)28(32)33/h6-13,18-19H,5,14-17,31H2,1-4H3,(H,32,33). The van der Waals surface area contributed by atoms with Crippen molar-refractivity contribution in [3.63, 3.8) is 0 Å². The highest BCUT2D eigenvalue weighted by Gasteiger charge is 2.37. The molecule has 0 amide bonds. The van der Waals surface area contributed by atoms with Crippen LogP contribution >= 0.6 is 0 Å². The molecule has 0 aromatic heterocycles. The molecule has 178 valence electrons. The third-order valence-corrected chi connectivity index (χ3v) is 7.21. The molecule has 1 aliphatic rings. The molecule has 34 heavy (non-hydrogen) atoms. The van der Waals surface area contributed by atoms with E-state index in [9.17, 15) is 9.90 Å². The zero-order chi connectivity index (χ0) is 24.5. The predicted molar refractivity (Wildman–Crippen MR) is 139 cm³/mol. The van der Waals surface area contributed by atoms with Crippen LogP contribution in [0.2, 0.25) is 0 Å². The molecule has 0 bridgehead atoms. The largest absolute Gasteiger partial charge is 0.493 e. The SMILES string of the molecule is CC1(C)CCC(C)(C)c2cc(-c3cc(-c4ccc(C(=O)O)cc4)ccc3OCCCN)ccc21. The molecule has 3 aromatic rings. The fourth-order valence-corrected chi connectivity index (χ4v) is 4.89. The number of carbonyl (C=O) groups is 1. The normalized spacial score (nSPS) is 16.0. The Balaban J connectivity index is 1.81. The van der Waals surface area contributed by atoms with E-state index in [2.05, 4.69) is 52.0 Å². The van der Waals surface area contributed by atoms with Crippen molar-refractivity contribution in [2.24, 2.45) is 5.73 Å². The third-order valence-electron chi connectivity index (χ3n) is 7.21. The molecule has 0 spiro atoms. The van der Waals surface area contributed by atoms with Gasteiger partial charge in [0.15, 0.2) is 0 Å². The Bertz CT molecular complexity index is 1190. The topological polar surface area (TPSA) is 72.5 Å². The van der Waals surface area contributed by atoms with Gasteiger partial charge in [-0.1, -0.05) is 64.1 Å². The first kappa shape index (κ1) is 24.0. The number of hydrogen-bond acceptors (Lipinski definition) is 3. The van der Waals surface area contributed by atoms with E-state index in [1.807, 2.05) is 24.3 Å². The summed E-state index contributed by atoms with van der Waals surface area (Å²) in [5, 5.41) is 9.23. The van der Waals surface area contributed by atoms with Gasteiger partial charge in [0.1, 0.15) is 5.75 Å². The number of benzene rings is 3. The molecule has 4 nitrogen and oxygen atoms in total. The summed E-state index contributed by atoms with van der Waals surface area (Å²) in [6.07, 6.45) is 3.14. The summed E-state index contributed by atoms with van der Waals surface area (Å²) in [7, 11) is 0. The number of aromatic carboxylic acids is 1. The molecular weight excluding hydrogens is 422 g/mol. The molecule has 3 aromatic carbocycles. The van der Waals surface area contributed by atoms with E-state index >= 15 is 0 Å². The van der Waals surface area contributed by atoms with Crippen molar-refractivity contribution in [3.8, 4) is 28.0 Å². The summed E-state index contributed by atoms with van der Waals surface area (Å²) in [6.45, 7) is 10.5. The first-order valence-electron chi connectivity index (χ1n) is 12.1. The lowest BCUT2D eigenvalue weighted by molar-refractivity contribution is 0.0697. The van der Waals surface area contributed by atoms with Crippen molar-refractivity contribution in [1.82, 2.24) is 0 Å². The molecule has 0 unspecified atom stereocenters. The van der Waals surface area contributed by atoms with E-state index < -0.39 is 5.97 Å². The average Bonchev–Trinajstić information content (AvgIpc) is 2.82. The van der Waals surface area contributed by atoms with E-state index in [4.69, 9.17) is 10.5 Å². The summed E-state index contributed by atoms with van der Waals surface area (Å²) >= 11 is 0. The van der Waals surface area contributed by atoms with Crippen LogP contribution in [0.15, 0.2) is 60.7 Å². The molecule has 4 rings (SSSR count). The Hall–Kier alpha value is -3.11. The van der Waals surface area contributed by atoms with Crippen LogP contribution in [-0.2, 0) is 10.8 Å². The maximum absolute atomic E-state index is 11.2. The summed E-state index contributed by atoms with van der Waals surface area (Å²) < 4.78 is 6.15. The monoisotopic (exact) mass is 457 g/mol. The number of carboxylic acid groups (broad SMARTS) is 1. The van der Waals surface area contributed by atoms with Crippen LogP contribution < -0.4 is 10.5 Å². The number of nitrogens with two attached hydrogens (primary N) is 1. The number of hydrogen-bond donors (Lipinski definition) is 2.